The fraction of sp³-hybridized carbons (Fsp3) is 1.00. The van der Waals surface area contributed by atoms with Gasteiger partial charge in [-0.1, -0.05) is 6.92 Å². The Bertz CT molecular complexity index is 216. The number of hydrogen-bond donors (Lipinski definition) is 1. The average molecular weight is 240 g/mol. The first-order valence-electron chi connectivity index (χ1n) is 7.42. The normalized spacial score (nSPS) is 34.6. The molecule has 0 amide bonds. The molecular formula is C14H28N2O. The summed E-state index contributed by atoms with van der Waals surface area (Å²) in [6.45, 7) is 8.94. The molecular weight excluding hydrogens is 212 g/mol. The van der Waals surface area contributed by atoms with Crippen molar-refractivity contribution in [2.75, 3.05) is 26.2 Å². The molecule has 3 heteroatoms. The first-order chi connectivity index (χ1) is 8.33. The Labute approximate surface area is 106 Å². The Morgan fingerprint density at radius 1 is 1.29 bits per heavy atom. The number of ether oxygens (including phenoxy) is 1. The number of piperidine rings is 1. The zero-order valence-corrected chi connectivity index (χ0v) is 11.5. The Hall–Kier alpha value is -0.120. The predicted octanol–water partition coefficient (Wildman–Crippen LogP) is 2.02. The van der Waals surface area contributed by atoms with E-state index in [1.807, 2.05) is 0 Å². The van der Waals surface area contributed by atoms with Crippen molar-refractivity contribution in [2.45, 2.75) is 64.1 Å². The van der Waals surface area contributed by atoms with E-state index in [0.717, 1.165) is 18.7 Å². The number of rotatable bonds is 6. The highest BCUT2D eigenvalue weighted by molar-refractivity contribution is 4.91. The van der Waals surface area contributed by atoms with Gasteiger partial charge in [-0.05, 0) is 52.1 Å². The van der Waals surface area contributed by atoms with Gasteiger partial charge in [0.15, 0.2) is 0 Å². The summed E-state index contributed by atoms with van der Waals surface area (Å²) in [4.78, 5) is 2.69. The summed E-state index contributed by atoms with van der Waals surface area (Å²) in [5.74, 6) is 0. The van der Waals surface area contributed by atoms with Crippen LogP contribution < -0.4 is 5.32 Å². The minimum Gasteiger partial charge on any atom is -0.378 e. The molecule has 100 valence electrons. The Morgan fingerprint density at radius 3 is 2.82 bits per heavy atom. The van der Waals surface area contributed by atoms with E-state index in [-0.39, 0.29) is 0 Å². The van der Waals surface area contributed by atoms with E-state index in [2.05, 4.69) is 24.1 Å². The van der Waals surface area contributed by atoms with Gasteiger partial charge in [-0.2, -0.15) is 0 Å². The van der Waals surface area contributed by atoms with Crippen molar-refractivity contribution < 1.29 is 4.74 Å². The van der Waals surface area contributed by atoms with Gasteiger partial charge in [-0.15, -0.1) is 0 Å². The van der Waals surface area contributed by atoms with E-state index in [9.17, 15) is 0 Å². The molecule has 0 aromatic heterocycles. The van der Waals surface area contributed by atoms with Crippen LogP contribution in [0.4, 0.5) is 0 Å². The molecule has 3 nitrogen and oxygen atoms in total. The number of nitrogens with zero attached hydrogens (tertiary/aromatic N) is 1. The SMILES string of the molecule is CCCNC1CCCN(C2CC(OCC)C2)C1. The molecule has 2 aliphatic rings. The van der Waals surface area contributed by atoms with Crippen molar-refractivity contribution in [1.29, 1.82) is 0 Å². The minimum absolute atomic E-state index is 0.550. The molecule has 1 saturated carbocycles. The topological polar surface area (TPSA) is 24.5 Å². The van der Waals surface area contributed by atoms with Gasteiger partial charge in [0, 0.05) is 25.2 Å². The molecule has 0 spiro atoms. The third-order valence-electron chi connectivity index (χ3n) is 4.12. The second-order valence-electron chi connectivity index (χ2n) is 5.49. The monoisotopic (exact) mass is 240 g/mol. The van der Waals surface area contributed by atoms with Gasteiger partial charge < -0.3 is 10.1 Å². The van der Waals surface area contributed by atoms with Crippen molar-refractivity contribution in [3.05, 3.63) is 0 Å². The third kappa shape index (κ3) is 3.67. The molecule has 1 heterocycles. The summed E-state index contributed by atoms with van der Waals surface area (Å²) in [6, 6.07) is 1.53. The summed E-state index contributed by atoms with van der Waals surface area (Å²) in [5.41, 5.74) is 0. The van der Waals surface area contributed by atoms with Crippen molar-refractivity contribution in [2.24, 2.45) is 0 Å². The maximum atomic E-state index is 5.65. The predicted molar refractivity (Wildman–Crippen MR) is 71.3 cm³/mol. The van der Waals surface area contributed by atoms with Crippen LogP contribution in [-0.4, -0.2) is 49.3 Å². The lowest BCUT2D eigenvalue weighted by molar-refractivity contribution is -0.0530. The van der Waals surface area contributed by atoms with E-state index < -0.39 is 0 Å². The highest BCUT2D eigenvalue weighted by Gasteiger charge is 2.35. The molecule has 2 fully saturated rings. The van der Waals surface area contributed by atoms with Crippen LogP contribution in [0.1, 0.15) is 46.0 Å². The molecule has 1 aliphatic carbocycles. The van der Waals surface area contributed by atoms with Crippen LogP contribution in [0.25, 0.3) is 0 Å². The van der Waals surface area contributed by atoms with Gasteiger partial charge in [0.05, 0.1) is 6.10 Å². The number of likely N-dealkylation sites (tertiary alicyclic amines) is 1. The standard InChI is InChI=1S/C14H28N2O/c1-3-7-15-12-6-5-8-16(11-12)13-9-14(10-13)17-4-2/h12-15H,3-11H2,1-2H3. The summed E-state index contributed by atoms with van der Waals surface area (Å²) in [7, 11) is 0. The smallest absolute Gasteiger partial charge is 0.0604 e. The molecule has 1 aliphatic heterocycles. The maximum absolute atomic E-state index is 5.65. The van der Waals surface area contributed by atoms with Crippen molar-refractivity contribution in [3.63, 3.8) is 0 Å². The minimum atomic E-state index is 0.550. The molecule has 1 atom stereocenters. The largest absolute Gasteiger partial charge is 0.378 e. The highest BCUT2D eigenvalue weighted by atomic mass is 16.5. The third-order valence-corrected chi connectivity index (χ3v) is 4.12. The molecule has 17 heavy (non-hydrogen) atoms. The van der Waals surface area contributed by atoms with Gasteiger partial charge in [0.2, 0.25) is 0 Å². The zero-order chi connectivity index (χ0) is 12.1. The van der Waals surface area contributed by atoms with Crippen LogP contribution in [0.2, 0.25) is 0 Å². The second-order valence-corrected chi connectivity index (χ2v) is 5.49. The zero-order valence-electron chi connectivity index (χ0n) is 11.5. The molecule has 2 rings (SSSR count). The fourth-order valence-corrected chi connectivity index (χ4v) is 3.06. The Morgan fingerprint density at radius 2 is 2.12 bits per heavy atom. The number of hydrogen-bond acceptors (Lipinski definition) is 3. The quantitative estimate of drug-likeness (QED) is 0.769. The van der Waals surface area contributed by atoms with Crippen LogP contribution in [0, 0.1) is 0 Å². The van der Waals surface area contributed by atoms with E-state index >= 15 is 0 Å². The maximum Gasteiger partial charge on any atom is 0.0604 e. The van der Waals surface area contributed by atoms with Crippen molar-refractivity contribution in [3.8, 4) is 0 Å². The molecule has 1 saturated heterocycles. The molecule has 0 aromatic carbocycles. The van der Waals surface area contributed by atoms with Crippen LogP contribution >= 0.6 is 0 Å². The van der Waals surface area contributed by atoms with Crippen LogP contribution in [0.5, 0.6) is 0 Å². The fourth-order valence-electron chi connectivity index (χ4n) is 3.06. The average Bonchev–Trinajstić information content (AvgIpc) is 2.31. The summed E-state index contributed by atoms with van der Waals surface area (Å²) in [6.07, 6.45) is 7.03. The molecule has 0 bridgehead atoms. The first-order valence-corrected chi connectivity index (χ1v) is 7.42. The Kier molecular flexibility index (Phi) is 5.26. The summed E-state index contributed by atoms with van der Waals surface area (Å²) >= 11 is 0. The highest BCUT2D eigenvalue weighted by Crippen LogP contribution is 2.30. The molecule has 1 N–H and O–H groups in total. The summed E-state index contributed by atoms with van der Waals surface area (Å²) in [5, 5.41) is 3.67. The van der Waals surface area contributed by atoms with Gasteiger partial charge in [0.25, 0.3) is 0 Å². The molecule has 0 aromatic rings. The molecule has 0 radical (unpaired) electrons. The van der Waals surface area contributed by atoms with Crippen LogP contribution in [0.15, 0.2) is 0 Å². The van der Waals surface area contributed by atoms with Crippen molar-refractivity contribution in [1.82, 2.24) is 10.2 Å². The van der Waals surface area contributed by atoms with Crippen LogP contribution in [-0.2, 0) is 4.74 Å². The van der Waals surface area contributed by atoms with Gasteiger partial charge >= 0.3 is 0 Å². The lowest BCUT2D eigenvalue weighted by atomic mass is 9.86. The van der Waals surface area contributed by atoms with Gasteiger partial charge in [-0.25, -0.2) is 0 Å². The Balaban J connectivity index is 1.67. The van der Waals surface area contributed by atoms with E-state index in [4.69, 9.17) is 4.74 Å². The van der Waals surface area contributed by atoms with Crippen molar-refractivity contribution >= 4 is 0 Å². The van der Waals surface area contributed by atoms with E-state index in [1.165, 1.54) is 51.7 Å². The van der Waals surface area contributed by atoms with Crippen LogP contribution in [0.3, 0.4) is 0 Å². The second kappa shape index (κ2) is 6.72. The van der Waals surface area contributed by atoms with E-state index in [1.54, 1.807) is 0 Å². The first kappa shape index (κ1) is 13.3. The van der Waals surface area contributed by atoms with Gasteiger partial charge in [0.1, 0.15) is 0 Å². The lowest BCUT2D eigenvalue weighted by Gasteiger charge is -2.46. The summed E-state index contributed by atoms with van der Waals surface area (Å²) < 4.78 is 5.65. The van der Waals surface area contributed by atoms with Gasteiger partial charge in [-0.3, -0.25) is 4.90 Å². The molecule has 1 unspecified atom stereocenters. The number of nitrogens with one attached hydrogen (secondary N) is 1. The van der Waals surface area contributed by atoms with E-state index in [0.29, 0.717) is 6.10 Å². The lowest BCUT2D eigenvalue weighted by Crippen LogP contribution is -2.55.